The first-order valence-electron chi connectivity index (χ1n) is 4.29. The molecule has 1 aromatic carbocycles. The minimum atomic E-state index is 0.0269. The number of fused-ring (bicyclic) bond motifs is 1. The number of hydrogen-bond donors (Lipinski definition) is 0. The molecule has 0 radical (unpaired) electrons. The number of methoxy groups -OCH3 is 1. The molecule has 2 rings (SSSR count). The summed E-state index contributed by atoms with van der Waals surface area (Å²) in [6, 6.07) is 5.26. The van der Waals surface area contributed by atoms with Gasteiger partial charge < -0.3 is 9.15 Å². The molecule has 0 aliphatic heterocycles. The van der Waals surface area contributed by atoms with Crippen LogP contribution in [-0.4, -0.2) is 12.9 Å². The topological polar surface area (TPSA) is 39.4 Å². The number of ketones is 1. The van der Waals surface area contributed by atoms with Crippen molar-refractivity contribution in [1.82, 2.24) is 0 Å². The molecule has 14 heavy (non-hydrogen) atoms. The summed E-state index contributed by atoms with van der Waals surface area (Å²) in [5.41, 5.74) is 1.29. The second-order valence-corrected chi connectivity index (χ2v) is 3.03. The van der Waals surface area contributed by atoms with Gasteiger partial charge in [-0.3, -0.25) is 4.79 Å². The maximum atomic E-state index is 11.3. The highest BCUT2D eigenvalue weighted by molar-refractivity contribution is 6.07. The Morgan fingerprint density at radius 2 is 2.14 bits per heavy atom. The highest BCUT2D eigenvalue weighted by atomic mass is 16.5. The van der Waals surface area contributed by atoms with Gasteiger partial charge in [0.1, 0.15) is 0 Å². The van der Waals surface area contributed by atoms with E-state index in [0.29, 0.717) is 16.9 Å². The first-order chi connectivity index (χ1) is 6.74. The molecule has 0 saturated heterocycles. The summed E-state index contributed by atoms with van der Waals surface area (Å²) in [7, 11) is 1.57. The van der Waals surface area contributed by atoms with Crippen molar-refractivity contribution in [3.63, 3.8) is 0 Å². The highest BCUT2D eigenvalue weighted by Gasteiger charge is 2.11. The summed E-state index contributed by atoms with van der Waals surface area (Å²) in [5.74, 6) is 0.675. The van der Waals surface area contributed by atoms with Crippen molar-refractivity contribution in [2.75, 3.05) is 7.11 Å². The normalized spacial score (nSPS) is 10.4. The Hall–Kier alpha value is -1.77. The Bertz CT molecular complexity index is 482. The molecule has 0 N–H and O–H groups in total. The Labute approximate surface area is 81.3 Å². The molecule has 0 aliphatic rings. The van der Waals surface area contributed by atoms with Crippen LogP contribution in [0.4, 0.5) is 0 Å². The molecule has 3 nitrogen and oxygen atoms in total. The molecule has 0 unspecified atom stereocenters. The number of furan rings is 1. The second-order valence-electron chi connectivity index (χ2n) is 3.03. The quantitative estimate of drug-likeness (QED) is 0.683. The molecule has 0 bridgehead atoms. The number of benzene rings is 1. The van der Waals surface area contributed by atoms with Gasteiger partial charge >= 0.3 is 0 Å². The number of ether oxygens (including phenoxy) is 1. The van der Waals surface area contributed by atoms with Crippen LogP contribution in [0, 0.1) is 0 Å². The molecule has 72 valence electrons. The average Bonchev–Trinajstić information content (AvgIpc) is 2.64. The molecule has 0 aliphatic carbocycles. The third kappa shape index (κ3) is 1.18. The maximum Gasteiger partial charge on any atom is 0.176 e. The number of Topliss-reactive ketones (excluding diaryl/α,β-unsaturated/α-hetero) is 1. The predicted octanol–water partition coefficient (Wildman–Crippen LogP) is 2.64. The van der Waals surface area contributed by atoms with Crippen LogP contribution < -0.4 is 4.74 Å². The third-order valence-electron chi connectivity index (χ3n) is 2.18. The number of carbonyl (C=O) groups is 1. The minimum absolute atomic E-state index is 0.0269. The Morgan fingerprint density at radius 1 is 1.36 bits per heavy atom. The molecule has 2 aromatic rings. The molecule has 0 saturated carbocycles. The highest BCUT2D eigenvalue weighted by Crippen LogP contribution is 2.29. The van der Waals surface area contributed by atoms with Gasteiger partial charge in [-0.25, -0.2) is 0 Å². The fourth-order valence-electron chi connectivity index (χ4n) is 1.50. The van der Waals surface area contributed by atoms with Crippen LogP contribution in [0.5, 0.6) is 5.75 Å². The van der Waals surface area contributed by atoms with Crippen LogP contribution in [0.25, 0.3) is 11.0 Å². The monoisotopic (exact) mass is 190 g/mol. The molecule has 1 heterocycles. The Morgan fingerprint density at radius 3 is 2.79 bits per heavy atom. The third-order valence-corrected chi connectivity index (χ3v) is 2.18. The molecular weight excluding hydrogens is 180 g/mol. The Balaban J connectivity index is 2.78. The van der Waals surface area contributed by atoms with E-state index in [4.69, 9.17) is 9.15 Å². The van der Waals surface area contributed by atoms with Gasteiger partial charge in [0.25, 0.3) is 0 Å². The summed E-state index contributed by atoms with van der Waals surface area (Å²) >= 11 is 0. The van der Waals surface area contributed by atoms with Gasteiger partial charge in [-0.2, -0.15) is 0 Å². The molecule has 0 spiro atoms. The van der Waals surface area contributed by atoms with Gasteiger partial charge in [0.2, 0.25) is 0 Å². The summed E-state index contributed by atoms with van der Waals surface area (Å²) < 4.78 is 10.4. The minimum Gasteiger partial charge on any atom is -0.493 e. The fourth-order valence-corrected chi connectivity index (χ4v) is 1.50. The van der Waals surface area contributed by atoms with Crippen LogP contribution in [0.1, 0.15) is 17.3 Å². The number of hydrogen-bond acceptors (Lipinski definition) is 3. The standard InChI is InChI=1S/C11H10O3/c1-7(12)8-3-4-10(13-2)11-9(8)5-6-14-11/h3-6H,1-2H3. The van der Waals surface area contributed by atoms with Gasteiger partial charge in [-0.15, -0.1) is 0 Å². The van der Waals surface area contributed by atoms with Crippen molar-refractivity contribution >= 4 is 16.8 Å². The van der Waals surface area contributed by atoms with Crippen molar-refractivity contribution < 1.29 is 13.9 Å². The lowest BCUT2D eigenvalue weighted by atomic mass is 10.1. The van der Waals surface area contributed by atoms with Crippen LogP contribution in [0.15, 0.2) is 28.9 Å². The first kappa shape index (κ1) is 8.81. The van der Waals surface area contributed by atoms with E-state index in [0.717, 1.165) is 5.39 Å². The maximum absolute atomic E-state index is 11.3. The van der Waals surface area contributed by atoms with Crippen LogP contribution >= 0.6 is 0 Å². The SMILES string of the molecule is COc1ccc(C(C)=O)c2ccoc12. The van der Waals surface area contributed by atoms with E-state index in [2.05, 4.69) is 0 Å². The van der Waals surface area contributed by atoms with E-state index in [1.165, 1.54) is 6.92 Å². The van der Waals surface area contributed by atoms with E-state index in [1.54, 1.807) is 31.6 Å². The zero-order chi connectivity index (χ0) is 10.1. The fraction of sp³-hybridized carbons (Fsp3) is 0.182. The van der Waals surface area contributed by atoms with Crippen molar-refractivity contribution in [1.29, 1.82) is 0 Å². The van der Waals surface area contributed by atoms with E-state index in [1.807, 2.05) is 0 Å². The number of rotatable bonds is 2. The molecule has 0 fully saturated rings. The Kier molecular flexibility index (Phi) is 2.00. The lowest BCUT2D eigenvalue weighted by Crippen LogP contribution is -1.93. The summed E-state index contributed by atoms with van der Waals surface area (Å²) in [6.07, 6.45) is 1.56. The van der Waals surface area contributed by atoms with Crippen molar-refractivity contribution in [3.05, 3.63) is 30.0 Å². The van der Waals surface area contributed by atoms with Gasteiger partial charge in [0.05, 0.1) is 13.4 Å². The average molecular weight is 190 g/mol. The van der Waals surface area contributed by atoms with Crippen molar-refractivity contribution in [2.24, 2.45) is 0 Å². The second kappa shape index (κ2) is 3.18. The van der Waals surface area contributed by atoms with E-state index in [-0.39, 0.29) is 5.78 Å². The number of carbonyl (C=O) groups excluding carboxylic acids is 1. The summed E-state index contributed by atoms with van der Waals surface area (Å²) in [6.45, 7) is 1.54. The molecular formula is C11H10O3. The smallest absolute Gasteiger partial charge is 0.176 e. The lowest BCUT2D eigenvalue weighted by Gasteiger charge is -2.02. The van der Waals surface area contributed by atoms with E-state index in [9.17, 15) is 4.79 Å². The molecule has 1 aromatic heterocycles. The molecule has 0 atom stereocenters. The summed E-state index contributed by atoms with van der Waals surface area (Å²) in [5, 5.41) is 0.803. The molecule has 0 amide bonds. The first-order valence-corrected chi connectivity index (χ1v) is 4.29. The van der Waals surface area contributed by atoms with Gasteiger partial charge in [0.15, 0.2) is 17.1 Å². The largest absolute Gasteiger partial charge is 0.493 e. The van der Waals surface area contributed by atoms with Gasteiger partial charge in [-0.05, 0) is 25.1 Å². The molecule has 3 heteroatoms. The summed E-state index contributed by atoms with van der Waals surface area (Å²) in [4.78, 5) is 11.3. The lowest BCUT2D eigenvalue weighted by molar-refractivity contribution is 0.101. The van der Waals surface area contributed by atoms with Crippen LogP contribution in [-0.2, 0) is 0 Å². The van der Waals surface area contributed by atoms with Gasteiger partial charge in [-0.1, -0.05) is 0 Å². The predicted molar refractivity (Wildman–Crippen MR) is 52.8 cm³/mol. The van der Waals surface area contributed by atoms with Crippen molar-refractivity contribution in [3.8, 4) is 5.75 Å². The van der Waals surface area contributed by atoms with Crippen molar-refractivity contribution in [2.45, 2.75) is 6.92 Å². The zero-order valence-corrected chi connectivity index (χ0v) is 8.03. The zero-order valence-electron chi connectivity index (χ0n) is 8.03. The van der Waals surface area contributed by atoms with E-state index >= 15 is 0 Å². The van der Waals surface area contributed by atoms with E-state index < -0.39 is 0 Å². The van der Waals surface area contributed by atoms with Crippen LogP contribution in [0.2, 0.25) is 0 Å². The van der Waals surface area contributed by atoms with Gasteiger partial charge in [0, 0.05) is 10.9 Å². The van der Waals surface area contributed by atoms with Crippen LogP contribution in [0.3, 0.4) is 0 Å².